The molecule has 0 spiro atoms. The van der Waals surface area contributed by atoms with Crippen LogP contribution in [-0.2, 0) is 6.54 Å². The van der Waals surface area contributed by atoms with Gasteiger partial charge in [-0.25, -0.2) is 4.39 Å². The van der Waals surface area contributed by atoms with Crippen LogP contribution in [0.3, 0.4) is 0 Å². The van der Waals surface area contributed by atoms with Gasteiger partial charge in [-0.15, -0.1) is 0 Å². The zero-order valence-electron chi connectivity index (χ0n) is 9.07. The van der Waals surface area contributed by atoms with Gasteiger partial charge in [-0.3, -0.25) is 0 Å². The summed E-state index contributed by atoms with van der Waals surface area (Å²) in [6, 6.07) is 4.88. The lowest BCUT2D eigenvalue weighted by molar-refractivity contribution is 0.270. The normalized spacial score (nSPS) is 12.6. The van der Waals surface area contributed by atoms with Crippen molar-refractivity contribution in [1.29, 1.82) is 0 Å². The smallest absolute Gasteiger partial charge is 0.129 e. The number of anilines is 1. The molecule has 1 rings (SSSR count). The fraction of sp³-hybridized carbons (Fsp3) is 0.455. The van der Waals surface area contributed by atoms with E-state index in [-0.39, 0.29) is 25.0 Å². The Hall–Kier alpha value is -1.13. The molecule has 0 aromatic heterocycles. The van der Waals surface area contributed by atoms with Crippen LogP contribution in [0.25, 0.3) is 0 Å². The van der Waals surface area contributed by atoms with Crippen LogP contribution >= 0.6 is 0 Å². The highest BCUT2D eigenvalue weighted by molar-refractivity contribution is 5.48. The molecule has 0 radical (unpaired) electrons. The molecular weight excluding hydrogens is 195 g/mol. The van der Waals surface area contributed by atoms with Gasteiger partial charge in [0.25, 0.3) is 0 Å². The second kappa shape index (κ2) is 5.09. The van der Waals surface area contributed by atoms with Crippen LogP contribution in [0.1, 0.15) is 12.5 Å². The minimum absolute atomic E-state index is 0.0341. The summed E-state index contributed by atoms with van der Waals surface area (Å²) < 4.78 is 13.4. The molecule has 3 N–H and O–H groups in total. The summed E-state index contributed by atoms with van der Waals surface area (Å²) in [5.41, 5.74) is 6.61. The van der Waals surface area contributed by atoms with Crippen LogP contribution in [-0.4, -0.2) is 24.8 Å². The highest BCUT2D eigenvalue weighted by atomic mass is 19.1. The summed E-state index contributed by atoms with van der Waals surface area (Å²) in [5.74, 6) is -0.299. The first-order chi connectivity index (χ1) is 7.10. The lowest BCUT2D eigenvalue weighted by atomic mass is 10.1. The second-order valence-electron chi connectivity index (χ2n) is 3.62. The van der Waals surface area contributed by atoms with Gasteiger partial charge < -0.3 is 15.7 Å². The first-order valence-electron chi connectivity index (χ1n) is 4.92. The minimum atomic E-state index is -0.299. The number of aliphatic hydroxyl groups is 1. The molecule has 4 heteroatoms. The molecule has 1 aromatic rings. The SMILES string of the molecule is CC(CO)N(C)c1ccc(CN)c(F)c1. The van der Waals surface area contributed by atoms with Gasteiger partial charge in [-0.2, -0.15) is 0 Å². The highest BCUT2D eigenvalue weighted by Gasteiger charge is 2.10. The summed E-state index contributed by atoms with van der Waals surface area (Å²) >= 11 is 0. The van der Waals surface area contributed by atoms with Gasteiger partial charge in [0, 0.05) is 30.9 Å². The zero-order chi connectivity index (χ0) is 11.4. The number of rotatable bonds is 4. The molecular formula is C11H17FN2O. The van der Waals surface area contributed by atoms with Gasteiger partial charge in [0.05, 0.1) is 6.61 Å². The maximum Gasteiger partial charge on any atom is 0.129 e. The third-order valence-electron chi connectivity index (χ3n) is 2.59. The van der Waals surface area contributed by atoms with Crippen LogP contribution in [0, 0.1) is 5.82 Å². The second-order valence-corrected chi connectivity index (χ2v) is 3.62. The quantitative estimate of drug-likeness (QED) is 0.785. The average molecular weight is 212 g/mol. The van der Waals surface area contributed by atoms with E-state index in [9.17, 15) is 4.39 Å². The van der Waals surface area contributed by atoms with Crippen molar-refractivity contribution in [2.75, 3.05) is 18.6 Å². The van der Waals surface area contributed by atoms with Gasteiger partial charge in [0.15, 0.2) is 0 Å². The molecule has 0 heterocycles. The maximum atomic E-state index is 13.4. The standard InChI is InChI=1S/C11H17FN2O/c1-8(7-15)14(2)10-4-3-9(6-13)11(12)5-10/h3-5,8,15H,6-7,13H2,1-2H3. The van der Waals surface area contributed by atoms with Crippen molar-refractivity contribution in [3.05, 3.63) is 29.6 Å². The van der Waals surface area contributed by atoms with E-state index in [1.54, 1.807) is 12.1 Å². The molecule has 1 atom stereocenters. The van der Waals surface area contributed by atoms with E-state index < -0.39 is 0 Å². The fourth-order valence-corrected chi connectivity index (χ4v) is 1.30. The Bertz CT molecular complexity index is 330. The number of likely N-dealkylation sites (N-methyl/N-ethyl adjacent to an activating group) is 1. The summed E-state index contributed by atoms with van der Waals surface area (Å²) in [6.45, 7) is 2.11. The molecule has 84 valence electrons. The van der Waals surface area contributed by atoms with Crippen molar-refractivity contribution in [2.45, 2.75) is 19.5 Å². The van der Waals surface area contributed by atoms with E-state index in [4.69, 9.17) is 10.8 Å². The molecule has 0 aliphatic rings. The monoisotopic (exact) mass is 212 g/mol. The van der Waals surface area contributed by atoms with E-state index in [0.717, 1.165) is 5.69 Å². The van der Waals surface area contributed by atoms with E-state index in [0.29, 0.717) is 5.56 Å². The predicted octanol–water partition coefficient (Wildman–Crippen LogP) is 1.10. The molecule has 0 fully saturated rings. The van der Waals surface area contributed by atoms with Gasteiger partial charge in [0.2, 0.25) is 0 Å². The molecule has 1 unspecified atom stereocenters. The van der Waals surface area contributed by atoms with Crippen molar-refractivity contribution in [1.82, 2.24) is 0 Å². The Labute approximate surface area is 89.3 Å². The van der Waals surface area contributed by atoms with E-state index in [1.165, 1.54) is 6.07 Å². The molecule has 1 aromatic carbocycles. The molecule has 0 bridgehead atoms. The lowest BCUT2D eigenvalue weighted by Crippen LogP contribution is -2.31. The van der Waals surface area contributed by atoms with Gasteiger partial charge >= 0.3 is 0 Å². The van der Waals surface area contributed by atoms with Crippen LogP contribution < -0.4 is 10.6 Å². The molecule has 15 heavy (non-hydrogen) atoms. The number of hydrogen-bond donors (Lipinski definition) is 2. The van der Waals surface area contributed by atoms with Crippen LogP contribution in [0.5, 0.6) is 0 Å². The van der Waals surface area contributed by atoms with Crippen LogP contribution in [0.15, 0.2) is 18.2 Å². The molecule has 0 saturated carbocycles. The third kappa shape index (κ3) is 2.67. The van der Waals surface area contributed by atoms with Crippen molar-refractivity contribution < 1.29 is 9.50 Å². The predicted molar refractivity (Wildman–Crippen MR) is 59.2 cm³/mol. The number of aliphatic hydroxyl groups excluding tert-OH is 1. The molecule has 0 aliphatic carbocycles. The lowest BCUT2D eigenvalue weighted by Gasteiger charge is -2.25. The average Bonchev–Trinajstić information content (AvgIpc) is 2.26. The van der Waals surface area contributed by atoms with Crippen molar-refractivity contribution in [3.8, 4) is 0 Å². The Morgan fingerprint density at radius 1 is 1.53 bits per heavy atom. The van der Waals surface area contributed by atoms with Crippen molar-refractivity contribution >= 4 is 5.69 Å². The molecule has 3 nitrogen and oxygen atoms in total. The number of nitrogens with two attached hydrogens (primary N) is 1. The van der Waals surface area contributed by atoms with Gasteiger partial charge in [-0.05, 0) is 19.1 Å². The number of hydrogen-bond acceptors (Lipinski definition) is 3. The van der Waals surface area contributed by atoms with E-state index >= 15 is 0 Å². The highest BCUT2D eigenvalue weighted by Crippen LogP contribution is 2.19. The summed E-state index contributed by atoms with van der Waals surface area (Å²) in [7, 11) is 1.82. The first-order valence-corrected chi connectivity index (χ1v) is 4.92. The van der Waals surface area contributed by atoms with Gasteiger partial charge in [-0.1, -0.05) is 6.07 Å². The largest absolute Gasteiger partial charge is 0.394 e. The molecule has 0 aliphatic heterocycles. The van der Waals surface area contributed by atoms with Gasteiger partial charge in [0.1, 0.15) is 5.82 Å². The van der Waals surface area contributed by atoms with Crippen LogP contribution in [0.4, 0.5) is 10.1 Å². The summed E-state index contributed by atoms with van der Waals surface area (Å²) in [5, 5.41) is 8.98. The number of halogens is 1. The van der Waals surface area contributed by atoms with Crippen molar-refractivity contribution in [2.24, 2.45) is 5.73 Å². The van der Waals surface area contributed by atoms with E-state index in [1.807, 2.05) is 18.9 Å². The third-order valence-corrected chi connectivity index (χ3v) is 2.59. The zero-order valence-corrected chi connectivity index (χ0v) is 9.07. The Morgan fingerprint density at radius 2 is 2.20 bits per heavy atom. The number of benzene rings is 1. The molecule has 0 saturated heterocycles. The Kier molecular flexibility index (Phi) is 4.05. The van der Waals surface area contributed by atoms with Crippen LogP contribution in [0.2, 0.25) is 0 Å². The van der Waals surface area contributed by atoms with E-state index in [2.05, 4.69) is 0 Å². The first kappa shape index (κ1) is 11.9. The summed E-state index contributed by atoms with van der Waals surface area (Å²) in [6.07, 6.45) is 0. The number of nitrogens with zero attached hydrogens (tertiary/aromatic N) is 1. The maximum absolute atomic E-state index is 13.4. The Morgan fingerprint density at radius 3 is 2.67 bits per heavy atom. The van der Waals surface area contributed by atoms with Crippen molar-refractivity contribution in [3.63, 3.8) is 0 Å². The minimum Gasteiger partial charge on any atom is -0.394 e. The molecule has 0 amide bonds. The fourth-order valence-electron chi connectivity index (χ4n) is 1.30. The Balaban J connectivity index is 2.92. The summed E-state index contributed by atoms with van der Waals surface area (Å²) in [4.78, 5) is 1.82. The topological polar surface area (TPSA) is 49.5 Å².